The van der Waals surface area contributed by atoms with Crippen molar-refractivity contribution in [3.63, 3.8) is 0 Å². The number of hydrogen-bond donors (Lipinski definition) is 4. The zero-order valence-corrected chi connectivity index (χ0v) is 16.8. The molecule has 1 aromatic rings. The van der Waals surface area contributed by atoms with E-state index in [0.29, 0.717) is 12.8 Å². The number of carbonyl (C=O) groups is 4. The van der Waals surface area contributed by atoms with E-state index in [-0.39, 0.29) is 22.2 Å². The van der Waals surface area contributed by atoms with Gasteiger partial charge < -0.3 is 26.1 Å². The molecule has 0 aliphatic carbocycles. The average molecular weight is 437 g/mol. The fraction of sp³-hybridized carbons (Fsp3) is 0.412. The van der Waals surface area contributed by atoms with Gasteiger partial charge in [-0.1, -0.05) is 11.2 Å². The van der Waals surface area contributed by atoms with Gasteiger partial charge in [0.25, 0.3) is 11.8 Å². The molecule has 0 unspecified atom stereocenters. The molecule has 2 aliphatic heterocycles. The van der Waals surface area contributed by atoms with Crippen molar-refractivity contribution in [3.05, 3.63) is 22.8 Å². The first-order chi connectivity index (χ1) is 14.0. The van der Waals surface area contributed by atoms with E-state index in [1.54, 1.807) is 0 Å². The van der Waals surface area contributed by atoms with Crippen LogP contribution in [0, 0.1) is 0 Å². The maximum Gasteiger partial charge on any atom is 0.352 e. The normalized spacial score (nSPS) is 21.3. The van der Waals surface area contributed by atoms with Crippen LogP contribution in [0.2, 0.25) is 0 Å². The zero-order chi connectivity index (χ0) is 22.2. The zero-order valence-electron chi connectivity index (χ0n) is 16.0. The Hall–Kier alpha value is -3.48. The number of β-lactam (4-membered cyclic amide) rings is 1. The van der Waals surface area contributed by atoms with Crippen molar-refractivity contribution in [1.82, 2.24) is 15.2 Å². The number of thiazole rings is 1. The third kappa shape index (κ3) is 3.83. The van der Waals surface area contributed by atoms with E-state index in [9.17, 15) is 24.3 Å². The summed E-state index contributed by atoms with van der Waals surface area (Å²) in [6, 6.07) is -1.45. The van der Waals surface area contributed by atoms with Gasteiger partial charge in [0.05, 0.1) is 6.04 Å². The molecule has 0 spiro atoms. The number of hydrogen-bond acceptors (Lipinski definition) is 9. The highest BCUT2D eigenvalue weighted by Gasteiger charge is 2.52. The molecule has 2 atom stereocenters. The van der Waals surface area contributed by atoms with Gasteiger partial charge in [-0.2, -0.15) is 0 Å². The van der Waals surface area contributed by atoms with Crippen molar-refractivity contribution < 1.29 is 34.2 Å². The van der Waals surface area contributed by atoms with Gasteiger partial charge in [0.2, 0.25) is 5.60 Å². The molecule has 0 saturated carbocycles. The lowest BCUT2D eigenvalue weighted by Gasteiger charge is -2.48. The minimum Gasteiger partial charge on any atom is -0.478 e. The highest BCUT2D eigenvalue weighted by atomic mass is 32.1. The standard InChI is InChI=1S/C17H19N5O7S/c1-17(2,15(27)28)29-21-10(7-6-30-16(18)19-7)12(23)20-11-8-4-3-5-9(14(25)26)22(8)13(11)24/h5-6,8,11H,3-4H2,1-2H3,(H2,18,19)(H,20,23)(H,25,26)(H,27,28)/t8-,11+/m1/s1. The summed E-state index contributed by atoms with van der Waals surface area (Å²) in [4.78, 5) is 57.9. The predicted octanol–water partition coefficient (Wildman–Crippen LogP) is -0.233. The highest BCUT2D eigenvalue weighted by molar-refractivity contribution is 7.13. The fourth-order valence-corrected chi connectivity index (χ4v) is 3.53. The summed E-state index contributed by atoms with van der Waals surface area (Å²) < 4.78 is 0. The van der Waals surface area contributed by atoms with Gasteiger partial charge in [0, 0.05) is 5.38 Å². The monoisotopic (exact) mass is 437 g/mol. The van der Waals surface area contributed by atoms with Crippen LogP contribution >= 0.6 is 11.3 Å². The number of nitrogens with zero attached hydrogens (tertiary/aromatic N) is 3. The molecular weight excluding hydrogens is 418 g/mol. The number of nitrogen functional groups attached to an aromatic ring is 1. The SMILES string of the molecule is CC(C)(ON=C(C(=O)N[C@@H]1C(=O)N2C(C(=O)O)=CCC[C@H]12)c1csc(N)n1)C(=O)O. The van der Waals surface area contributed by atoms with Gasteiger partial charge in [-0.25, -0.2) is 14.6 Å². The molecule has 0 bridgehead atoms. The first kappa shape index (κ1) is 21.2. The second kappa shape index (κ2) is 7.74. The molecule has 2 aliphatic rings. The Morgan fingerprint density at radius 3 is 2.67 bits per heavy atom. The highest BCUT2D eigenvalue weighted by Crippen LogP contribution is 2.33. The lowest BCUT2D eigenvalue weighted by atomic mass is 9.86. The first-order valence-electron chi connectivity index (χ1n) is 8.81. The van der Waals surface area contributed by atoms with E-state index in [0.717, 1.165) is 16.2 Å². The lowest BCUT2D eigenvalue weighted by molar-refractivity contribution is -0.161. The van der Waals surface area contributed by atoms with Crippen LogP contribution in [0.15, 0.2) is 22.3 Å². The number of carbonyl (C=O) groups excluding carboxylic acids is 2. The molecule has 12 nitrogen and oxygen atoms in total. The summed E-state index contributed by atoms with van der Waals surface area (Å²) in [7, 11) is 0. The van der Waals surface area contributed by atoms with Gasteiger partial charge >= 0.3 is 11.9 Å². The molecule has 0 aromatic carbocycles. The number of anilines is 1. The molecule has 0 radical (unpaired) electrons. The number of carboxylic acid groups (broad SMARTS) is 2. The van der Waals surface area contributed by atoms with E-state index in [2.05, 4.69) is 15.5 Å². The van der Waals surface area contributed by atoms with Gasteiger partial charge in [-0.05, 0) is 26.7 Å². The fourth-order valence-electron chi connectivity index (χ4n) is 2.98. The summed E-state index contributed by atoms with van der Waals surface area (Å²) >= 11 is 1.04. The van der Waals surface area contributed by atoms with Crippen molar-refractivity contribution in [2.24, 2.45) is 5.16 Å². The molecule has 160 valence electrons. The van der Waals surface area contributed by atoms with Crippen molar-refractivity contribution in [2.75, 3.05) is 5.73 Å². The van der Waals surface area contributed by atoms with Crippen molar-refractivity contribution in [2.45, 2.75) is 44.4 Å². The van der Waals surface area contributed by atoms with Crippen molar-refractivity contribution in [1.29, 1.82) is 0 Å². The maximum absolute atomic E-state index is 12.8. The Morgan fingerprint density at radius 2 is 2.10 bits per heavy atom. The van der Waals surface area contributed by atoms with Gasteiger partial charge in [-0.3, -0.25) is 14.5 Å². The minimum atomic E-state index is -1.72. The number of aliphatic carboxylic acids is 2. The Morgan fingerprint density at radius 1 is 1.40 bits per heavy atom. The number of allylic oxidation sites excluding steroid dienone is 1. The van der Waals surface area contributed by atoms with Crippen LogP contribution < -0.4 is 11.1 Å². The van der Waals surface area contributed by atoms with E-state index in [4.69, 9.17) is 15.7 Å². The van der Waals surface area contributed by atoms with Crippen LogP contribution in [0.25, 0.3) is 0 Å². The van der Waals surface area contributed by atoms with Gasteiger partial charge in [0.15, 0.2) is 10.8 Å². The number of nitrogens with one attached hydrogen (secondary N) is 1. The topological polar surface area (TPSA) is 185 Å². The maximum atomic E-state index is 12.8. The average Bonchev–Trinajstić information content (AvgIpc) is 3.11. The van der Waals surface area contributed by atoms with Crippen LogP contribution in [0.4, 0.5) is 5.13 Å². The molecule has 3 heterocycles. The molecule has 13 heteroatoms. The Balaban J connectivity index is 1.81. The quantitative estimate of drug-likeness (QED) is 0.254. The Kier molecular flexibility index (Phi) is 5.48. The van der Waals surface area contributed by atoms with Crippen molar-refractivity contribution in [3.8, 4) is 0 Å². The van der Waals surface area contributed by atoms with Crippen LogP contribution in [-0.2, 0) is 24.0 Å². The van der Waals surface area contributed by atoms with E-state index in [1.807, 2.05) is 0 Å². The minimum absolute atomic E-state index is 0.0505. The molecule has 2 amide bonds. The van der Waals surface area contributed by atoms with Gasteiger partial charge in [-0.15, -0.1) is 11.3 Å². The molecule has 30 heavy (non-hydrogen) atoms. The number of aromatic nitrogens is 1. The van der Waals surface area contributed by atoms with Crippen LogP contribution in [0.3, 0.4) is 0 Å². The summed E-state index contributed by atoms with van der Waals surface area (Å²) in [5.74, 6) is -3.91. The largest absolute Gasteiger partial charge is 0.478 e. The molecule has 3 rings (SSSR count). The molecule has 1 saturated heterocycles. The molecule has 5 N–H and O–H groups in total. The second-order valence-corrected chi connectivity index (χ2v) is 8.01. The number of fused-ring (bicyclic) bond motifs is 1. The van der Waals surface area contributed by atoms with E-state index < -0.39 is 41.4 Å². The Labute approximate surface area is 174 Å². The lowest BCUT2D eigenvalue weighted by Crippen LogP contribution is -2.71. The molecule has 1 aromatic heterocycles. The second-order valence-electron chi connectivity index (χ2n) is 7.12. The molecular formula is C17H19N5O7S. The third-order valence-corrected chi connectivity index (χ3v) is 5.32. The summed E-state index contributed by atoms with van der Waals surface area (Å²) in [6.45, 7) is 2.50. The predicted molar refractivity (Wildman–Crippen MR) is 103 cm³/mol. The number of nitrogens with two attached hydrogens (primary N) is 1. The van der Waals surface area contributed by atoms with Crippen molar-refractivity contribution >= 4 is 45.9 Å². The summed E-state index contributed by atoms with van der Waals surface area (Å²) in [5.41, 5.74) is 3.46. The van der Waals surface area contributed by atoms with E-state index >= 15 is 0 Å². The summed E-state index contributed by atoms with van der Waals surface area (Å²) in [5, 5.41) is 26.2. The number of rotatable bonds is 7. The number of oxime groups is 1. The van der Waals surface area contributed by atoms with Crippen LogP contribution in [0.5, 0.6) is 0 Å². The Bertz CT molecular complexity index is 983. The first-order valence-corrected chi connectivity index (χ1v) is 9.69. The number of carboxylic acids is 2. The van der Waals surface area contributed by atoms with Gasteiger partial charge in [0.1, 0.15) is 17.4 Å². The smallest absolute Gasteiger partial charge is 0.352 e. The van der Waals surface area contributed by atoms with Crippen LogP contribution in [0.1, 0.15) is 32.4 Å². The third-order valence-electron chi connectivity index (χ3n) is 4.65. The number of amides is 2. The van der Waals surface area contributed by atoms with Crippen LogP contribution in [-0.4, -0.2) is 67.2 Å². The van der Waals surface area contributed by atoms with E-state index in [1.165, 1.54) is 25.3 Å². The summed E-state index contributed by atoms with van der Waals surface area (Å²) in [6.07, 6.45) is 2.38. The molecule has 1 fully saturated rings.